The molecule has 0 spiro atoms. The Hall–Kier alpha value is -1.91. The first-order chi connectivity index (χ1) is 14.7. The van der Waals surface area contributed by atoms with E-state index in [0.29, 0.717) is 5.47 Å². The van der Waals surface area contributed by atoms with Gasteiger partial charge in [0.1, 0.15) is 0 Å². The molecule has 0 radical (unpaired) electrons. The zero-order valence-electron chi connectivity index (χ0n) is 18.4. The molecule has 1 atom stereocenters. The van der Waals surface area contributed by atoms with Crippen LogP contribution in [0.15, 0.2) is 90.2 Å². The van der Waals surface area contributed by atoms with Crippen LogP contribution in [0.25, 0.3) is 0 Å². The fourth-order valence-corrected chi connectivity index (χ4v) is 8.45. The first kappa shape index (κ1) is 22.3. The maximum atomic E-state index is 15.2. The molecule has 160 valence electrons. The first-order valence-electron chi connectivity index (χ1n) is 10.5. The average molecular weight is 450 g/mol. The maximum Gasteiger partial charge on any atom is 0.491 e. The predicted molar refractivity (Wildman–Crippen MR) is 132 cm³/mol. The molecule has 31 heavy (non-hydrogen) atoms. The highest BCUT2D eigenvalue weighted by molar-refractivity contribution is 7.79. The van der Waals surface area contributed by atoms with Crippen molar-refractivity contribution < 1.29 is 13.9 Å². The molecule has 6 heteroatoms. The number of rotatable bonds is 6. The minimum Gasteiger partial charge on any atom is -0.400 e. The van der Waals surface area contributed by atoms with Gasteiger partial charge in [-0.05, 0) is 44.6 Å². The molecule has 1 saturated heterocycles. The lowest BCUT2D eigenvalue weighted by molar-refractivity contribution is 0.00578. The highest BCUT2D eigenvalue weighted by Gasteiger charge is 2.55. The SMILES string of the molecule is C=C(B1OC(C)(C)C(C)(C)O1)C(c1cccs1)P(=O)(c1ccccc1)c1ccccc1. The van der Waals surface area contributed by atoms with Crippen molar-refractivity contribution in [1.29, 1.82) is 0 Å². The molecule has 0 N–H and O–H groups in total. The minimum absolute atomic E-state index is 0.452. The van der Waals surface area contributed by atoms with Crippen LogP contribution in [-0.4, -0.2) is 18.3 Å². The Morgan fingerprint density at radius 2 is 1.35 bits per heavy atom. The molecular formula is C25H28BO3PS. The molecular weight excluding hydrogens is 422 g/mol. The van der Waals surface area contributed by atoms with Gasteiger partial charge in [-0.15, -0.1) is 17.9 Å². The van der Waals surface area contributed by atoms with Crippen LogP contribution in [-0.2, 0) is 13.9 Å². The average Bonchev–Trinajstić information content (AvgIpc) is 3.35. The van der Waals surface area contributed by atoms with Gasteiger partial charge in [-0.2, -0.15) is 0 Å². The molecule has 0 saturated carbocycles. The van der Waals surface area contributed by atoms with Crippen molar-refractivity contribution in [2.24, 2.45) is 0 Å². The van der Waals surface area contributed by atoms with Gasteiger partial charge in [-0.3, -0.25) is 0 Å². The van der Waals surface area contributed by atoms with Crippen LogP contribution in [0, 0.1) is 0 Å². The number of allylic oxidation sites excluding steroid dienone is 1. The summed E-state index contributed by atoms with van der Waals surface area (Å²) in [5, 5.41) is 3.62. The van der Waals surface area contributed by atoms with Crippen molar-refractivity contribution in [1.82, 2.24) is 0 Å². The van der Waals surface area contributed by atoms with Crippen molar-refractivity contribution in [2.75, 3.05) is 0 Å². The summed E-state index contributed by atoms with van der Waals surface area (Å²) in [6.45, 7) is 12.5. The topological polar surface area (TPSA) is 35.5 Å². The second-order valence-electron chi connectivity index (χ2n) is 8.91. The molecule has 4 rings (SSSR count). The van der Waals surface area contributed by atoms with E-state index >= 15 is 4.57 Å². The fraction of sp³-hybridized carbons (Fsp3) is 0.280. The van der Waals surface area contributed by atoms with Gasteiger partial charge in [0.15, 0.2) is 7.14 Å². The van der Waals surface area contributed by atoms with Gasteiger partial charge in [0.05, 0.1) is 16.9 Å². The van der Waals surface area contributed by atoms with Crippen LogP contribution in [0.5, 0.6) is 0 Å². The summed E-state index contributed by atoms with van der Waals surface area (Å²) in [6.07, 6.45) is 0. The highest BCUT2D eigenvalue weighted by Crippen LogP contribution is 2.62. The Kier molecular flexibility index (Phi) is 5.91. The second-order valence-corrected chi connectivity index (χ2v) is 12.8. The van der Waals surface area contributed by atoms with Gasteiger partial charge >= 0.3 is 7.12 Å². The van der Waals surface area contributed by atoms with Crippen LogP contribution in [0.1, 0.15) is 38.2 Å². The second kappa shape index (κ2) is 8.22. The molecule has 2 aromatic carbocycles. The van der Waals surface area contributed by atoms with Gasteiger partial charge in [0, 0.05) is 15.5 Å². The molecule has 1 unspecified atom stereocenters. The van der Waals surface area contributed by atoms with Crippen LogP contribution >= 0.6 is 18.5 Å². The maximum absolute atomic E-state index is 15.2. The van der Waals surface area contributed by atoms with Gasteiger partial charge in [-0.25, -0.2) is 0 Å². The summed E-state index contributed by atoms with van der Waals surface area (Å²) < 4.78 is 27.8. The third-order valence-electron chi connectivity index (χ3n) is 6.36. The highest BCUT2D eigenvalue weighted by atomic mass is 32.1. The van der Waals surface area contributed by atoms with Crippen LogP contribution < -0.4 is 10.6 Å². The summed E-state index contributed by atoms with van der Waals surface area (Å²) in [5.41, 5.74) is -0.752. The Morgan fingerprint density at radius 3 is 1.77 bits per heavy atom. The zero-order valence-corrected chi connectivity index (χ0v) is 20.2. The fourth-order valence-electron chi connectivity index (χ4n) is 3.91. The van der Waals surface area contributed by atoms with Crippen molar-refractivity contribution in [3.05, 3.63) is 95.1 Å². The van der Waals surface area contributed by atoms with E-state index in [0.717, 1.165) is 15.5 Å². The molecule has 1 fully saturated rings. The lowest BCUT2D eigenvalue weighted by Crippen LogP contribution is -2.41. The molecule has 0 amide bonds. The van der Waals surface area contributed by atoms with E-state index in [4.69, 9.17) is 9.31 Å². The van der Waals surface area contributed by atoms with Crippen LogP contribution in [0.2, 0.25) is 0 Å². The van der Waals surface area contributed by atoms with Gasteiger partial charge in [0.25, 0.3) is 0 Å². The molecule has 0 bridgehead atoms. The Labute approximate surface area is 189 Å². The number of hydrogen-bond donors (Lipinski definition) is 0. The molecule has 0 aliphatic carbocycles. The summed E-state index contributed by atoms with van der Waals surface area (Å²) in [7, 11) is -3.81. The van der Waals surface area contributed by atoms with Crippen molar-refractivity contribution in [2.45, 2.75) is 44.6 Å². The Balaban J connectivity index is 1.89. The van der Waals surface area contributed by atoms with Gasteiger partial charge in [-0.1, -0.05) is 66.7 Å². The van der Waals surface area contributed by atoms with E-state index in [-0.39, 0.29) is 0 Å². The molecule has 3 aromatic rings. The Bertz CT molecular complexity index is 1030. The van der Waals surface area contributed by atoms with Gasteiger partial charge in [0.2, 0.25) is 0 Å². The number of benzene rings is 2. The smallest absolute Gasteiger partial charge is 0.400 e. The standard InChI is InChI=1S/C25H28BO3PS/c1-19(26-28-24(2,3)25(4,5)29-26)23(22-17-12-18-31-22)30(27,20-13-8-6-9-14-20)21-15-10-7-11-16-21/h6-18,23H,1H2,2-5H3. The van der Waals surface area contributed by atoms with Crippen molar-refractivity contribution in [3.63, 3.8) is 0 Å². The van der Waals surface area contributed by atoms with E-state index in [2.05, 4.69) is 6.58 Å². The van der Waals surface area contributed by atoms with Crippen LogP contribution in [0.3, 0.4) is 0 Å². The Morgan fingerprint density at radius 1 is 0.871 bits per heavy atom. The zero-order chi connectivity index (χ0) is 22.3. The molecule has 3 nitrogen and oxygen atoms in total. The van der Waals surface area contributed by atoms with E-state index < -0.39 is 31.1 Å². The monoisotopic (exact) mass is 450 g/mol. The van der Waals surface area contributed by atoms with E-state index in [1.54, 1.807) is 11.3 Å². The van der Waals surface area contributed by atoms with E-state index in [9.17, 15) is 0 Å². The molecule has 1 aromatic heterocycles. The van der Waals surface area contributed by atoms with E-state index in [1.165, 1.54) is 0 Å². The van der Waals surface area contributed by atoms with Gasteiger partial charge < -0.3 is 13.9 Å². The third kappa shape index (κ3) is 3.89. The van der Waals surface area contributed by atoms with E-state index in [1.807, 2.05) is 106 Å². The predicted octanol–water partition coefficient (Wildman–Crippen LogP) is 5.99. The summed E-state index contributed by atoms with van der Waals surface area (Å²) >= 11 is 1.59. The molecule has 1 aliphatic rings. The third-order valence-corrected chi connectivity index (χ3v) is 10.9. The summed E-state index contributed by atoms with van der Waals surface area (Å²) in [5.74, 6) is 0. The van der Waals surface area contributed by atoms with Crippen molar-refractivity contribution >= 4 is 36.2 Å². The van der Waals surface area contributed by atoms with Crippen LogP contribution in [0.4, 0.5) is 0 Å². The first-order valence-corrected chi connectivity index (χ1v) is 13.1. The molecule has 2 heterocycles. The number of thiophene rings is 1. The minimum atomic E-state index is -3.16. The lowest BCUT2D eigenvalue weighted by Gasteiger charge is -2.32. The quantitative estimate of drug-likeness (QED) is 0.342. The van der Waals surface area contributed by atoms with Crippen molar-refractivity contribution in [3.8, 4) is 0 Å². The summed E-state index contributed by atoms with van der Waals surface area (Å²) in [6, 6.07) is 23.5. The largest absolute Gasteiger partial charge is 0.491 e. The molecule has 1 aliphatic heterocycles. The summed E-state index contributed by atoms with van der Waals surface area (Å²) in [4.78, 5) is 0.996. The lowest BCUT2D eigenvalue weighted by atomic mass is 9.77. The normalized spacial score (nSPS) is 18.6. The number of hydrogen-bond acceptors (Lipinski definition) is 4.